The van der Waals surface area contributed by atoms with Crippen molar-refractivity contribution in [3.05, 3.63) is 58.6 Å². The number of nitrogens with one attached hydrogen (secondary N) is 1. The Morgan fingerprint density at radius 3 is 2.77 bits per heavy atom. The quantitative estimate of drug-likeness (QED) is 0.671. The molecule has 0 aliphatic carbocycles. The maximum Gasteiger partial charge on any atom is 0.275 e. The summed E-state index contributed by atoms with van der Waals surface area (Å²) in [7, 11) is 1.58. The summed E-state index contributed by atoms with van der Waals surface area (Å²) in [6.45, 7) is 1.76. The van der Waals surface area contributed by atoms with Gasteiger partial charge in [-0.2, -0.15) is 5.10 Å². The van der Waals surface area contributed by atoms with Gasteiger partial charge in [-0.15, -0.1) is 0 Å². The number of phenols is 1. The molecule has 2 N–H and O–H groups in total. The second-order valence-electron chi connectivity index (χ2n) is 4.53. The van der Waals surface area contributed by atoms with Crippen LogP contribution in [0.5, 0.6) is 11.5 Å². The van der Waals surface area contributed by atoms with E-state index >= 15 is 0 Å². The summed E-state index contributed by atoms with van der Waals surface area (Å²) in [5.74, 6) is 0.00393. The zero-order valence-electron chi connectivity index (χ0n) is 12.1. The van der Waals surface area contributed by atoms with Crippen LogP contribution in [0, 0.1) is 0 Å². The van der Waals surface area contributed by atoms with Gasteiger partial charge in [-0.05, 0) is 37.3 Å². The fourth-order valence-electron chi connectivity index (χ4n) is 1.80. The van der Waals surface area contributed by atoms with Crippen molar-refractivity contribution in [3.63, 3.8) is 0 Å². The van der Waals surface area contributed by atoms with Crippen molar-refractivity contribution < 1.29 is 14.6 Å². The number of rotatable bonds is 4. The predicted octanol–water partition coefficient (Wildman–Crippen LogP) is 3.21. The molecule has 0 aliphatic heterocycles. The lowest BCUT2D eigenvalue weighted by molar-refractivity contribution is 0.0952. The van der Waals surface area contributed by atoms with E-state index in [9.17, 15) is 9.90 Å². The maximum atomic E-state index is 12.0. The van der Waals surface area contributed by atoms with E-state index in [0.717, 1.165) is 5.56 Å². The Morgan fingerprint density at radius 2 is 2.05 bits per heavy atom. The first-order valence-corrected chi connectivity index (χ1v) is 6.86. The molecule has 0 radical (unpaired) electrons. The number of halogens is 1. The largest absolute Gasteiger partial charge is 0.507 e. The zero-order chi connectivity index (χ0) is 16.1. The van der Waals surface area contributed by atoms with Crippen LogP contribution in [0.1, 0.15) is 22.8 Å². The Kier molecular flexibility index (Phi) is 5.01. The van der Waals surface area contributed by atoms with E-state index in [2.05, 4.69) is 10.5 Å². The normalized spacial score (nSPS) is 11.1. The SMILES string of the molecule is COc1cccc(/C(C)=N/NC(=O)c2cc(Cl)ccc2O)c1. The topological polar surface area (TPSA) is 70.9 Å². The third-order valence-corrected chi connectivity index (χ3v) is 3.25. The van der Waals surface area contributed by atoms with Gasteiger partial charge in [-0.1, -0.05) is 23.7 Å². The molecule has 0 fully saturated rings. The average molecular weight is 319 g/mol. The smallest absolute Gasteiger partial charge is 0.275 e. The van der Waals surface area contributed by atoms with Crippen LogP contribution in [0.15, 0.2) is 47.6 Å². The standard InChI is InChI=1S/C16H15ClN2O3/c1-10(11-4-3-5-13(8-11)22-2)18-19-16(21)14-9-12(17)6-7-15(14)20/h3-9,20H,1-2H3,(H,19,21)/b18-10+. The van der Waals surface area contributed by atoms with Crippen LogP contribution >= 0.6 is 11.6 Å². The lowest BCUT2D eigenvalue weighted by Crippen LogP contribution is -2.19. The van der Waals surface area contributed by atoms with Gasteiger partial charge in [0.05, 0.1) is 18.4 Å². The van der Waals surface area contributed by atoms with Crippen molar-refractivity contribution in [2.24, 2.45) is 5.10 Å². The number of hydrazone groups is 1. The number of methoxy groups -OCH3 is 1. The number of nitrogens with zero attached hydrogens (tertiary/aromatic N) is 1. The predicted molar refractivity (Wildman–Crippen MR) is 85.8 cm³/mol. The molecule has 1 amide bonds. The zero-order valence-corrected chi connectivity index (χ0v) is 12.9. The van der Waals surface area contributed by atoms with Crippen molar-refractivity contribution >= 4 is 23.2 Å². The Morgan fingerprint density at radius 1 is 1.27 bits per heavy atom. The monoisotopic (exact) mass is 318 g/mol. The molecule has 0 saturated carbocycles. The number of phenolic OH excluding ortho intramolecular Hbond substituents is 1. The van der Waals surface area contributed by atoms with E-state index < -0.39 is 5.91 Å². The fourth-order valence-corrected chi connectivity index (χ4v) is 1.97. The molecule has 5 nitrogen and oxygen atoms in total. The summed E-state index contributed by atoms with van der Waals surface area (Å²) < 4.78 is 5.14. The van der Waals surface area contributed by atoms with Gasteiger partial charge >= 0.3 is 0 Å². The average Bonchev–Trinajstić information content (AvgIpc) is 2.54. The number of aromatic hydroxyl groups is 1. The van der Waals surface area contributed by atoms with Crippen molar-refractivity contribution in [1.82, 2.24) is 5.43 Å². The summed E-state index contributed by atoms with van der Waals surface area (Å²) in [5, 5.41) is 14.1. The summed E-state index contributed by atoms with van der Waals surface area (Å²) in [6, 6.07) is 11.5. The lowest BCUT2D eigenvalue weighted by atomic mass is 10.1. The van der Waals surface area contributed by atoms with E-state index in [1.165, 1.54) is 18.2 Å². The summed E-state index contributed by atoms with van der Waals surface area (Å²) in [5.41, 5.74) is 3.88. The number of carbonyl (C=O) groups is 1. The summed E-state index contributed by atoms with van der Waals surface area (Å²) >= 11 is 5.81. The third-order valence-electron chi connectivity index (χ3n) is 3.02. The van der Waals surface area contributed by atoms with Crippen LogP contribution < -0.4 is 10.2 Å². The molecule has 22 heavy (non-hydrogen) atoms. The van der Waals surface area contributed by atoms with Gasteiger partial charge in [-0.3, -0.25) is 4.79 Å². The molecule has 2 aromatic carbocycles. The molecular formula is C16H15ClN2O3. The molecule has 0 aromatic heterocycles. The number of ether oxygens (including phenoxy) is 1. The molecule has 2 rings (SSSR count). The van der Waals surface area contributed by atoms with Crippen molar-refractivity contribution in [2.75, 3.05) is 7.11 Å². The van der Waals surface area contributed by atoms with E-state index in [4.69, 9.17) is 16.3 Å². The van der Waals surface area contributed by atoms with Crippen LogP contribution in [-0.4, -0.2) is 23.8 Å². The highest BCUT2D eigenvalue weighted by atomic mass is 35.5. The summed E-state index contributed by atoms with van der Waals surface area (Å²) in [6.07, 6.45) is 0. The van der Waals surface area contributed by atoms with Crippen molar-refractivity contribution in [3.8, 4) is 11.5 Å². The fraction of sp³-hybridized carbons (Fsp3) is 0.125. The lowest BCUT2D eigenvalue weighted by Gasteiger charge is -2.06. The van der Waals surface area contributed by atoms with Gasteiger partial charge in [-0.25, -0.2) is 5.43 Å². The van der Waals surface area contributed by atoms with Gasteiger partial charge in [0, 0.05) is 10.6 Å². The van der Waals surface area contributed by atoms with E-state index in [1.807, 2.05) is 24.3 Å². The first kappa shape index (κ1) is 15.9. The van der Waals surface area contributed by atoms with Crippen molar-refractivity contribution in [2.45, 2.75) is 6.92 Å². The second kappa shape index (κ2) is 6.95. The van der Waals surface area contributed by atoms with Gasteiger partial charge in [0.2, 0.25) is 0 Å². The number of carbonyl (C=O) groups excluding carboxylic acids is 1. The molecule has 0 saturated heterocycles. The van der Waals surface area contributed by atoms with Crippen LogP contribution in [0.2, 0.25) is 5.02 Å². The molecule has 0 bridgehead atoms. The molecule has 0 atom stereocenters. The molecule has 0 unspecified atom stereocenters. The third kappa shape index (κ3) is 3.77. The number of amides is 1. The Bertz CT molecular complexity index is 729. The number of benzene rings is 2. The minimum Gasteiger partial charge on any atom is -0.507 e. The molecule has 6 heteroatoms. The van der Waals surface area contributed by atoms with Crippen molar-refractivity contribution in [1.29, 1.82) is 0 Å². The van der Waals surface area contributed by atoms with E-state index in [0.29, 0.717) is 16.5 Å². The Balaban J connectivity index is 2.16. The molecular weight excluding hydrogens is 304 g/mol. The molecule has 114 valence electrons. The summed E-state index contributed by atoms with van der Waals surface area (Å²) in [4.78, 5) is 12.0. The van der Waals surface area contributed by atoms with Crippen LogP contribution in [-0.2, 0) is 0 Å². The minimum absolute atomic E-state index is 0.0645. The van der Waals surface area contributed by atoms with Gasteiger partial charge in [0.15, 0.2) is 0 Å². The Hall–Kier alpha value is -2.53. The first-order valence-electron chi connectivity index (χ1n) is 6.49. The maximum absolute atomic E-state index is 12.0. The molecule has 0 spiro atoms. The number of hydrogen-bond acceptors (Lipinski definition) is 4. The van der Waals surface area contributed by atoms with E-state index in [-0.39, 0.29) is 11.3 Å². The van der Waals surface area contributed by atoms with Gasteiger partial charge < -0.3 is 9.84 Å². The highest BCUT2D eigenvalue weighted by molar-refractivity contribution is 6.31. The highest BCUT2D eigenvalue weighted by Crippen LogP contribution is 2.21. The molecule has 0 heterocycles. The van der Waals surface area contributed by atoms with Crippen LogP contribution in [0.25, 0.3) is 0 Å². The van der Waals surface area contributed by atoms with Gasteiger partial charge in [0.25, 0.3) is 5.91 Å². The Labute approximate surface area is 133 Å². The molecule has 2 aromatic rings. The minimum atomic E-state index is -0.540. The van der Waals surface area contributed by atoms with E-state index in [1.54, 1.807) is 14.0 Å². The molecule has 0 aliphatic rings. The highest BCUT2D eigenvalue weighted by Gasteiger charge is 2.11. The first-order chi connectivity index (χ1) is 10.5. The van der Waals surface area contributed by atoms with Gasteiger partial charge in [0.1, 0.15) is 11.5 Å². The second-order valence-corrected chi connectivity index (χ2v) is 4.97. The van der Waals surface area contributed by atoms with Crippen LogP contribution in [0.4, 0.5) is 0 Å². The number of hydrogen-bond donors (Lipinski definition) is 2. The van der Waals surface area contributed by atoms with Crippen LogP contribution in [0.3, 0.4) is 0 Å².